The van der Waals surface area contributed by atoms with Crippen molar-refractivity contribution in [2.75, 3.05) is 0 Å². The van der Waals surface area contributed by atoms with Gasteiger partial charge in [-0.05, 0) is 37.5 Å². The molecule has 3 fully saturated rings. The molecule has 78 valence electrons. The van der Waals surface area contributed by atoms with Crippen LogP contribution >= 0.6 is 0 Å². The Balaban J connectivity index is 1.69. The average Bonchev–Trinajstić information content (AvgIpc) is 2.24. The maximum atomic E-state index is 11.1. The van der Waals surface area contributed by atoms with Gasteiger partial charge in [-0.2, -0.15) is 0 Å². The molecule has 3 heteroatoms. The summed E-state index contributed by atoms with van der Waals surface area (Å²) >= 11 is 0. The summed E-state index contributed by atoms with van der Waals surface area (Å²) in [6, 6.07) is 0. The summed E-state index contributed by atoms with van der Waals surface area (Å²) in [5.74, 6) is 1.18. The number of carbonyl (C=O) groups excluding carboxylic acids is 1. The van der Waals surface area contributed by atoms with Gasteiger partial charge in [0, 0.05) is 0 Å². The van der Waals surface area contributed by atoms with Crippen LogP contribution in [-0.4, -0.2) is 18.4 Å². The number of rotatable bonds is 2. The summed E-state index contributed by atoms with van der Waals surface area (Å²) in [5, 5.41) is 0. The van der Waals surface area contributed by atoms with Crippen molar-refractivity contribution in [3.05, 3.63) is 0 Å². The van der Waals surface area contributed by atoms with Gasteiger partial charge in [0.2, 0.25) is 0 Å². The summed E-state index contributed by atoms with van der Waals surface area (Å²) in [6.07, 6.45) is 7.16. The second-order valence-corrected chi connectivity index (χ2v) is 4.80. The van der Waals surface area contributed by atoms with Gasteiger partial charge in [-0.25, -0.2) is 4.79 Å². The first kappa shape index (κ1) is 8.57. The molecule has 14 heavy (non-hydrogen) atoms. The predicted octanol–water partition coefficient (Wildman–Crippen LogP) is 2.49. The molecule has 3 nitrogen and oxygen atoms in total. The van der Waals surface area contributed by atoms with Gasteiger partial charge in [-0.15, -0.1) is 0 Å². The molecule has 1 saturated heterocycles. The first-order chi connectivity index (χ1) is 6.84. The third-order valence-corrected chi connectivity index (χ3v) is 4.02. The van der Waals surface area contributed by atoms with Crippen LogP contribution in [0.2, 0.25) is 0 Å². The smallest absolute Gasteiger partial charge is 0.427 e. The molecule has 1 heterocycles. The molecule has 0 aromatic heterocycles. The standard InChI is InChI=1S/C11H16O3/c12-11-13-9(7-3-1-4-7)10(14-11)8-5-2-6-8/h7-10H,1-6H2. The molecule has 1 aliphatic heterocycles. The molecule has 3 rings (SSSR count). The van der Waals surface area contributed by atoms with Crippen molar-refractivity contribution in [3.63, 3.8) is 0 Å². The van der Waals surface area contributed by atoms with Gasteiger partial charge in [0.25, 0.3) is 0 Å². The van der Waals surface area contributed by atoms with Gasteiger partial charge in [0.15, 0.2) is 0 Å². The van der Waals surface area contributed by atoms with E-state index < -0.39 is 6.16 Å². The van der Waals surface area contributed by atoms with Gasteiger partial charge in [0.1, 0.15) is 12.2 Å². The van der Waals surface area contributed by atoms with Gasteiger partial charge < -0.3 is 9.47 Å². The van der Waals surface area contributed by atoms with E-state index in [0.717, 1.165) is 0 Å². The van der Waals surface area contributed by atoms with Gasteiger partial charge in [0.05, 0.1) is 0 Å². The Labute approximate surface area is 83.8 Å². The molecule has 0 radical (unpaired) electrons. The first-order valence-electron chi connectivity index (χ1n) is 5.72. The van der Waals surface area contributed by atoms with Crippen LogP contribution in [0.1, 0.15) is 38.5 Å². The van der Waals surface area contributed by atoms with Crippen molar-refractivity contribution in [3.8, 4) is 0 Å². The van der Waals surface area contributed by atoms with E-state index in [4.69, 9.17) is 9.47 Å². The Bertz CT molecular complexity index is 219. The zero-order chi connectivity index (χ0) is 9.54. The number of hydrogen-bond acceptors (Lipinski definition) is 3. The second-order valence-electron chi connectivity index (χ2n) is 4.80. The largest absolute Gasteiger partial charge is 0.509 e. The molecule has 2 saturated carbocycles. The SMILES string of the molecule is O=C1OC(C2CCC2)C(C2CCC2)O1. The quantitative estimate of drug-likeness (QED) is 0.636. The van der Waals surface area contributed by atoms with Crippen molar-refractivity contribution in [2.24, 2.45) is 11.8 Å². The van der Waals surface area contributed by atoms with Crippen molar-refractivity contribution in [2.45, 2.75) is 50.7 Å². The zero-order valence-corrected chi connectivity index (χ0v) is 8.28. The predicted molar refractivity (Wildman–Crippen MR) is 49.8 cm³/mol. The third kappa shape index (κ3) is 1.22. The van der Waals surface area contributed by atoms with E-state index in [2.05, 4.69) is 0 Å². The Morgan fingerprint density at radius 3 is 1.57 bits per heavy atom. The zero-order valence-electron chi connectivity index (χ0n) is 8.28. The van der Waals surface area contributed by atoms with E-state index in [-0.39, 0.29) is 12.2 Å². The van der Waals surface area contributed by atoms with Crippen LogP contribution in [-0.2, 0) is 9.47 Å². The van der Waals surface area contributed by atoms with Crippen molar-refractivity contribution < 1.29 is 14.3 Å². The van der Waals surface area contributed by atoms with Gasteiger partial charge in [-0.3, -0.25) is 0 Å². The molecular formula is C11H16O3. The molecule has 3 aliphatic rings. The van der Waals surface area contributed by atoms with Gasteiger partial charge in [-0.1, -0.05) is 12.8 Å². The van der Waals surface area contributed by atoms with Crippen LogP contribution in [0.15, 0.2) is 0 Å². The maximum absolute atomic E-state index is 11.1. The fraction of sp³-hybridized carbons (Fsp3) is 0.909. The van der Waals surface area contributed by atoms with Crippen LogP contribution in [0.25, 0.3) is 0 Å². The molecule has 0 aromatic rings. The van der Waals surface area contributed by atoms with Crippen LogP contribution in [0.4, 0.5) is 4.79 Å². The molecule has 0 amide bonds. The molecule has 0 N–H and O–H groups in total. The minimum atomic E-state index is -0.432. The van der Waals surface area contributed by atoms with Crippen molar-refractivity contribution in [1.82, 2.24) is 0 Å². The second kappa shape index (κ2) is 3.14. The minimum absolute atomic E-state index is 0.0848. The Morgan fingerprint density at radius 1 is 0.857 bits per heavy atom. The lowest BCUT2D eigenvalue weighted by atomic mass is 9.72. The third-order valence-electron chi connectivity index (χ3n) is 4.02. The average molecular weight is 196 g/mol. The van der Waals surface area contributed by atoms with Crippen LogP contribution < -0.4 is 0 Å². The number of carbonyl (C=O) groups is 1. The maximum Gasteiger partial charge on any atom is 0.509 e. The summed E-state index contributed by atoms with van der Waals surface area (Å²) in [5.41, 5.74) is 0. The number of hydrogen-bond donors (Lipinski definition) is 0. The summed E-state index contributed by atoms with van der Waals surface area (Å²) in [6.45, 7) is 0. The van der Waals surface area contributed by atoms with E-state index >= 15 is 0 Å². The molecular weight excluding hydrogens is 180 g/mol. The minimum Gasteiger partial charge on any atom is -0.427 e. The van der Waals surface area contributed by atoms with Crippen LogP contribution in [0.5, 0.6) is 0 Å². The summed E-state index contributed by atoms with van der Waals surface area (Å²) in [7, 11) is 0. The normalized spacial score (nSPS) is 38.4. The Hall–Kier alpha value is -0.730. The monoisotopic (exact) mass is 196 g/mol. The van der Waals surface area contributed by atoms with E-state index in [1.807, 2.05) is 0 Å². The number of ether oxygens (including phenoxy) is 2. The first-order valence-corrected chi connectivity index (χ1v) is 5.72. The lowest BCUT2D eigenvalue weighted by Crippen LogP contribution is -2.41. The van der Waals surface area contributed by atoms with E-state index in [0.29, 0.717) is 11.8 Å². The summed E-state index contributed by atoms with van der Waals surface area (Å²) in [4.78, 5) is 11.1. The highest BCUT2D eigenvalue weighted by molar-refractivity contribution is 5.62. The fourth-order valence-corrected chi connectivity index (χ4v) is 2.65. The summed E-state index contributed by atoms with van der Waals surface area (Å²) < 4.78 is 10.5. The lowest BCUT2D eigenvalue weighted by Gasteiger charge is -2.37. The fourth-order valence-electron chi connectivity index (χ4n) is 2.65. The van der Waals surface area contributed by atoms with Crippen molar-refractivity contribution >= 4 is 6.16 Å². The Kier molecular flexibility index (Phi) is 1.92. The highest BCUT2D eigenvalue weighted by Gasteiger charge is 2.48. The van der Waals surface area contributed by atoms with Crippen LogP contribution in [0, 0.1) is 11.8 Å². The van der Waals surface area contributed by atoms with E-state index in [9.17, 15) is 4.79 Å². The molecule has 2 aliphatic carbocycles. The highest BCUT2D eigenvalue weighted by Crippen LogP contribution is 2.43. The lowest BCUT2D eigenvalue weighted by molar-refractivity contribution is 0.00612. The number of cyclic esters (lactones) is 2. The van der Waals surface area contributed by atoms with E-state index in [1.165, 1.54) is 38.5 Å². The van der Waals surface area contributed by atoms with Crippen molar-refractivity contribution in [1.29, 1.82) is 0 Å². The molecule has 2 unspecified atom stereocenters. The molecule has 0 spiro atoms. The molecule has 0 bridgehead atoms. The highest BCUT2D eigenvalue weighted by atomic mass is 16.8. The van der Waals surface area contributed by atoms with E-state index in [1.54, 1.807) is 0 Å². The van der Waals surface area contributed by atoms with Gasteiger partial charge >= 0.3 is 6.16 Å². The molecule has 2 atom stereocenters. The topological polar surface area (TPSA) is 35.5 Å². The Morgan fingerprint density at radius 2 is 1.29 bits per heavy atom. The van der Waals surface area contributed by atoms with Crippen LogP contribution in [0.3, 0.4) is 0 Å². The molecule has 0 aromatic carbocycles.